The molecule has 200 valence electrons. The Morgan fingerprint density at radius 1 is 1.18 bits per heavy atom. The molecular weight excluding hydrogens is 506 g/mol. The summed E-state index contributed by atoms with van der Waals surface area (Å²) in [6.07, 6.45) is 7.42. The molecule has 6 rings (SSSR count). The summed E-state index contributed by atoms with van der Waals surface area (Å²) in [6.45, 7) is 1.48. The third-order valence-electron chi connectivity index (χ3n) is 7.46. The maximum atomic E-state index is 13.2. The normalized spacial score (nSPS) is 22.5. The first-order valence-corrected chi connectivity index (χ1v) is 12.3. The molecule has 12 heteroatoms. The zero-order chi connectivity index (χ0) is 27.7. The van der Waals surface area contributed by atoms with Gasteiger partial charge >= 0.3 is 6.09 Å². The summed E-state index contributed by atoms with van der Waals surface area (Å²) in [5.74, 6) is 3.89. The van der Waals surface area contributed by atoms with Crippen molar-refractivity contribution in [3.05, 3.63) is 74.5 Å². The molecule has 0 saturated carbocycles. The minimum atomic E-state index is -0.904. The number of methoxy groups -OCH3 is 1. The Kier molecular flexibility index (Phi) is 7.00. The standard InChI is InChI=1S/C27H25N5O7/c1-3-16-15-30-9-7-17(16)10-25(30)26(22-6-8-28-24-5-4-21(38-2)14-23(22)24)39-27(33)29-18-11-19(31(34)35)13-20(12-18)32(36)37/h1,4-6,8,11-14,16-17,25-26H,7,9-10,15H2,2H3,(H,29,33)/t16-,17-,25-,26+/m0/s1. The Bertz CT molecular complexity index is 1470. The zero-order valence-electron chi connectivity index (χ0n) is 21.0. The second-order valence-corrected chi connectivity index (χ2v) is 9.61. The number of anilines is 1. The zero-order valence-corrected chi connectivity index (χ0v) is 21.0. The molecule has 3 aliphatic heterocycles. The molecule has 3 saturated heterocycles. The van der Waals surface area contributed by atoms with Crippen LogP contribution < -0.4 is 10.1 Å². The number of carbonyl (C=O) groups excluding carboxylic acids is 1. The molecule has 5 atom stereocenters. The summed E-state index contributed by atoms with van der Waals surface area (Å²) < 4.78 is 11.4. The Morgan fingerprint density at radius 2 is 1.92 bits per heavy atom. The van der Waals surface area contributed by atoms with Gasteiger partial charge in [-0.05, 0) is 49.6 Å². The number of nitro benzene ring substituents is 2. The van der Waals surface area contributed by atoms with Crippen molar-refractivity contribution in [2.24, 2.45) is 11.8 Å². The highest BCUT2D eigenvalue weighted by atomic mass is 16.6. The first-order chi connectivity index (χ1) is 18.8. The van der Waals surface area contributed by atoms with Gasteiger partial charge in [-0.25, -0.2) is 4.79 Å². The smallest absolute Gasteiger partial charge is 0.412 e. The van der Waals surface area contributed by atoms with E-state index in [1.165, 1.54) is 0 Å². The van der Waals surface area contributed by atoms with Crippen LogP contribution >= 0.6 is 0 Å². The molecule has 3 fully saturated rings. The third-order valence-corrected chi connectivity index (χ3v) is 7.46. The molecular formula is C27H25N5O7. The van der Waals surface area contributed by atoms with Crippen molar-refractivity contribution in [3.63, 3.8) is 0 Å². The SMILES string of the molecule is C#C[C@H]1CN2CC[C@H]1C[C@H]2[C@H](OC(=O)Nc1cc([N+](=O)[O-])cc([N+](=O)[O-])c1)c1ccnc2ccc(OC)cc12. The minimum Gasteiger partial charge on any atom is -0.497 e. The number of piperidine rings is 3. The number of benzene rings is 2. The van der Waals surface area contributed by atoms with Crippen LogP contribution in [0.1, 0.15) is 24.5 Å². The van der Waals surface area contributed by atoms with Crippen LogP contribution in [-0.4, -0.2) is 52.1 Å². The number of nitrogens with one attached hydrogen (secondary N) is 1. The van der Waals surface area contributed by atoms with Crippen LogP contribution in [0, 0.1) is 44.4 Å². The molecule has 2 aromatic carbocycles. The van der Waals surface area contributed by atoms with E-state index < -0.39 is 33.4 Å². The fourth-order valence-electron chi connectivity index (χ4n) is 5.58. The third kappa shape index (κ3) is 5.17. The number of nitrogens with zero attached hydrogens (tertiary/aromatic N) is 4. The highest BCUT2D eigenvalue weighted by Gasteiger charge is 2.44. The lowest BCUT2D eigenvalue weighted by Gasteiger charge is -2.50. The van der Waals surface area contributed by atoms with Gasteiger partial charge in [0.05, 0.1) is 40.3 Å². The number of aromatic nitrogens is 1. The quantitative estimate of drug-likeness (QED) is 0.260. The molecule has 1 N–H and O–H groups in total. The molecule has 1 amide bonds. The highest BCUT2D eigenvalue weighted by Crippen LogP contribution is 2.43. The van der Waals surface area contributed by atoms with E-state index in [0.29, 0.717) is 29.8 Å². The lowest BCUT2D eigenvalue weighted by Crippen LogP contribution is -2.55. The van der Waals surface area contributed by atoms with Crippen LogP contribution in [0.3, 0.4) is 0 Å². The molecule has 12 nitrogen and oxygen atoms in total. The van der Waals surface area contributed by atoms with Crippen molar-refractivity contribution < 1.29 is 24.1 Å². The van der Waals surface area contributed by atoms with Crippen LogP contribution in [0.25, 0.3) is 10.9 Å². The van der Waals surface area contributed by atoms with Crippen molar-refractivity contribution in [3.8, 4) is 18.1 Å². The lowest BCUT2D eigenvalue weighted by atomic mass is 9.74. The van der Waals surface area contributed by atoms with Gasteiger partial charge in [-0.15, -0.1) is 12.3 Å². The maximum absolute atomic E-state index is 13.2. The molecule has 1 aromatic heterocycles. The van der Waals surface area contributed by atoms with Gasteiger partial charge in [0.1, 0.15) is 11.9 Å². The fraction of sp³-hybridized carbons (Fsp3) is 0.333. The average molecular weight is 532 g/mol. The van der Waals surface area contributed by atoms with E-state index in [2.05, 4.69) is 21.1 Å². The van der Waals surface area contributed by atoms with Crippen LogP contribution in [-0.2, 0) is 4.74 Å². The minimum absolute atomic E-state index is 0.115. The predicted molar refractivity (Wildman–Crippen MR) is 141 cm³/mol. The molecule has 39 heavy (non-hydrogen) atoms. The number of ether oxygens (including phenoxy) is 2. The first kappa shape index (κ1) is 25.9. The second kappa shape index (κ2) is 10.5. The molecule has 3 aromatic rings. The molecule has 3 aliphatic rings. The monoisotopic (exact) mass is 531 g/mol. The van der Waals surface area contributed by atoms with Crippen LogP contribution in [0.2, 0.25) is 0 Å². The number of terminal acetylenes is 1. The summed E-state index contributed by atoms with van der Waals surface area (Å²) in [4.78, 5) is 40.9. The van der Waals surface area contributed by atoms with Crippen molar-refractivity contribution in [2.75, 3.05) is 25.5 Å². The van der Waals surface area contributed by atoms with Gasteiger partial charge < -0.3 is 9.47 Å². The van der Waals surface area contributed by atoms with E-state index in [-0.39, 0.29) is 23.6 Å². The fourth-order valence-corrected chi connectivity index (χ4v) is 5.58. The van der Waals surface area contributed by atoms with Gasteiger partial charge in [0.2, 0.25) is 0 Å². The number of fused-ring (bicyclic) bond motifs is 4. The Hall–Kier alpha value is -4.76. The van der Waals surface area contributed by atoms with Gasteiger partial charge in [-0.2, -0.15) is 0 Å². The second-order valence-electron chi connectivity index (χ2n) is 9.61. The summed E-state index contributed by atoms with van der Waals surface area (Å²) >= 11 is 0. The first-order valence-electron chi connectivity index (χ1n) is 12.3. The van der Waals surface area contributed by atoms with E-state index in [1.54, 1.807) is 25.4 Å². The van der Waals surface area contributed by atoms with E-state index in [4.69, 9.17) is 15.9 Å². The van der Waals surface area contributed by atoms with Gasteiger partial charge in [0.25, 0.3) is 11.4 Å². The van der Waals surface area contributed by atoms with E-state index in [9.17, 15) is 25.0 Å². The summed E-state index contributed by atoms with van der Waals surface area (Å²) in [5.41, 5.74) is 0.223. The van der Waals surface area contributed by atoms with Crippen molar-refractivity contribution in [1.29, 1.82) is 0 Å². The Balaban J connectivity index is 1.51. The van der Waals surface area contributed by atoms with E-state index >= 15 is 0 Å². The molecule has 0 spiro atoms. The molecule has 1 unspecified atom stereocenters. The number of rotatable bonds is 7. The van der Waals surface area contributed by atoms with Crippen molar-refractivity contribution >= 4 is 34.1 Å². The Labute approximate surface area is 223 Å². The van der Waals surface area contributed by atoms with Crippen LogP contribution in [0.5, 0.6) is 5.75 Å². The number of nitro groups is 2. The topological polar surface area (TPSA) is 150 Å². The lowest BCUT2D eigenvalue weighted by molar-refractivity contribution is -0.394. The van der Waals surface area contributed by atoms with Gasteiger partial charge in [0, 0.05) is 41.7 Å². The molecule has 4 heterocycles. The van der Waals surface area contributed by atoms with E-state index in [1.807, 2.05) is 12.1 Å². The summed E-state index contributed by atoms with van der Waals surface area (Å²) in [6, 6.07) is 9.95. The van der Waals surface area contributed by atoms with Crippen LogP contribution in [0.4, 0.5) is 21.9 Å². The number of hydrogen-bond acceptors (Lipinski definition) is 9. The van der Waals surface area contributed by atoms with Gasteiger partial charge in [-0.1, -0.05) is 0 Å². The van der Waals surface area contributed by atoms with Gasteiger partial charge in [0.15, 0.2) is 0 Å². The predicted octanol–water partition coefficient (Wildman–Crippen LogP) is 4.69. The Morgan fingerprint density at radius 3 is 2.54 bits per heavy atom. The number of carbonyl (C=O) groups is 1. The number of hydrogen-bond donors (Lipinski definition) is 1. The summed E-state index contributed by atoms with van der Waals surface area (Å²) in [7, 11) is 1.56. The molecule has 2 bridgehead atoms. The van der Waals surface area contributed by atoms with E-state index in [0.717, 1.165) is 36.6 Å². The van der Waals surface area contributed by atoms with Crippen molar-refractivity contribution in [2.45, 2.75) is 25.0 Å². The number of pyridine rings is 1. The van der Waals surface area contributed by atoms with Crippen LogP contribution in [0.15, 0.2) is 48.7 Å². The number of non-ortho nitro benzene ring substituents is 2. The molecule has 0 radical (unpaired) electrons. The average Bonchev–Trinajstić information content (AvgIpc) is 2.95. The number of amides is 1. The largest absolute Gasteiger partial charge is 0.497 e. The highest BCUT2D eigenvalue weighted by molar-refractivity contribution is 5.87. The van der Waals surface area contributed by atoms with Gasteiger partial charge in [-0.3, -0.25) is 35.4 Å². The molecule has 0 aliphatic carbocycles. The van der Waals surface area contributed by atoms with Crippen molar-refractivity contribution in [1.82, 2.24) is 9.88 Å². The summed E-state index contributed by atoms with van der Waals surface area (Å²) in [5, 5.41) is 25.8. The maximum Gasteiger partial charge on any atom is 0.412 e.